The van der Waals surface area contributed by atoms with Gasteiger partial charge in [-0.2, -0.15) is 5.26 Å². The zero-order valence-electron chi connectivity index (χ0n) is 13.0. The van der Waals surface area contributed by atoms with Crippen molar-refractivity contribution in [2.75, 3.05) is 20.2 Å². The monoisotopic (exact) mass is 274 g/mol. The van der Waals surface area contributed by atoms with Crippen molar-refractivity contribution >= 4 is 0 Å². The fraction of sp³-hybridized carbons (Fsp3) is 0.588. The summed E-state index contributed by atoms with van der Waals surface area (Å²) in [6, 6.07) is 8.03. The van der Waals surface area contributed by atoms with E-state index in [4.69, 9.17) is 10.00 Å². The van der Waals surface area contributed by atoms with Crippen molar-refractivity contribution in [1.82, 2.24) is 4.90 Å². The number of methoxy groups -OCH3 is 1. The molecule has 20 heavy (non-hydrogen) atoms. The van der Waals surface area contributed by atoms with Gasteiger partial charge in [0, 0.05) is 6.54 Å². The van der Waals surface area contributed by atoms with Gasteiger partial charge in [-0.3, -0.25) is 4.90 Å². The lowest BCUT2D eigenvalue weighted by molar-refractivity contribution is 0.256. The zero-order valence-corrected chi connectivity index (χ0v) is 13.0. The minimum atomic E-state index is 0.602. The smallest absolute Gasteiger partial charge is 0.136 e. The first-order valence-corrected chi connectivity index (χ1v) is 7.54. The van der Waals surface area contributed by atoms with E-state index < -0.39 is 0 Å². The van der Waals surface area contributed by atoms with Gasteiger partial charge >= 0.3 is 0 Å². The predicted octanol–water partition coefficient (Wildman–Crippen LogP) is 3.97. The normalized spacial score (nSPS) is 10.6. The quantitative estimate of drug-likeness (QED) is 0.683. The summed E-state index contributed by atoms with van der Waals surface area (Å²) in [6.45, 7) is 7.66. The number of hydrogen-bond donors (Lipinski definition) is 0. The van der Waals surface area contributed by atoms with E-state index in [1.807, 2.05) is 18.2 Å². The number of nitrogens with zero attached hydrogens (tertiary/aromatic N) is 2. The van der Waals surface area contributed by atoms with E-state index in [-0.39, 0.29) is 0 Å². The Kier molecular flexibility index (Phi) is 7.75. The van der Waals surface area contributed by atoms with Crippen LogP contribution >= 0.6 is 0 Å². The molecule has 0 bridgehead atoms. The third-order valence-corrected chi connectivity index (χ3v) is 3.45. The van der Waals surface area contributed by atoms with Crippen LogP contribution in [0.4, 0.5) is 0 Å². The molecule has 0 saturated heterocycles. The van der Waals surface area contributed by atoms with Crippen molar-refractivity contribution in [3.63, 3.8) is 0 Å². The molecule has 1 rings (SSSR count). The van der Waals surface area contributed by atoms with Crippen LogP contribution < -0.4 is 4.74 Å². The SMILES string of the molecule is CCCCN(CCCC)Cc1ccc(C#N)c(OC)c1. The molecule has 3 nitrogen and oxygen atoms in total. The molecule has 1 aromatic carbocycles. The Bertz CT molecular complexity index is 429. The average molecular weight is 274 g/mol. The number of benzene rings is 1. The van der Waals surface area contributed by atoms with Crippen LogP contribution in [0.2, 0.25) is 0 Å². The lowest BCUT2D eigenvalue weighted by Gasteiger charge is -2.22. The van der Waals surface area contributed by atoms with Crippen LogP contribution in [-0.2, 0) is 6.54 Å². The molecule has 1 aromatic rings. The Morgan fingerprint density at radius 2 is 1.80 bits per heavy atom. The van der Waals surface area contributed by atoms with Gasteiger partial charge in [0.05, 0.1) is 12.7 Å². The maximum Gasteiger partial charge on any atom is 0.136 e. The summed E-state index contributed by atoms with van der Waals surface area (Å²) in [5.41, 5.74) is 1.82. The van der Waals surface area contributed by atoms with E-state index in [0.29, 0.717) is 11.3 Å². The molecular weight excluding hydrogens is 248 g/mol. The minimum Gasteiger partial charge on any atom is -0.495 e. The van der Waals surface area contributed by atoms with Crippen LogP contribution in [-0.4, -0.2) is 25.1 Å². The first-order valence-electron chi connectivity index (χ1n) is 7.54. The molecule has 110 valence electrons. The number of rotatable bonds is 9. The molecular formula is C17H26N2O. The van der Waals surface area contributed by atoms with Crippen molar-refractivity contribution in [1.29, 1.82) is 5.26 Å². The molecule has 3 heteroatoms. The van der Waals surface area contributed by atoms with Crippen LogP contribution in [0.5, 0.6) is 5.75 Å². The Hall–Kier alpha value is -1.53. The summed E-state index contributed by atoms with van der Waals surface area (Å²) in [4.78, 5) is 2.49. The van der Waals surface area contributed by atoms with Gasteiger partial charge in [-0.1, -0.05) is 32.8 Å². The van der Waals surface area contributed by atoms with Gasteiger partial charge in [0.2, 0.25) is 0 Å². The van der Waals surface area contributed by atoms with Gasteiger partial charge in [-0.25, -0.2) is 0 Å². The van der Waals surface area contributed by atoms with Gasteiger partial charge in [0.15, 0.2) is 0 Å². The topological polar surface area (TPSA) is 36.3 Å². The first kappa shape index (κ1) is 16.5. The van der Waals surface area contributed by atoms with Gasteiger partial charge in [-0.15, -0.1) is 0 Å². The molecule has 0 unspecified atom stereocenters. The Morgan fingerprint density at radius 3 is 2.30 bits per heavy atom. The van der Waals surface area contributed by atoms with Crippen molar-refractivity contribution in [3.8, 4) is 11.8 Å². The second kappa shape index (κ2) is 9.39. The van der Waals surface area contributed by atoms with Crippen molar-refractivity contribution in [3.05, 3.63) is 29.3 Å². The van der Waals surface area contributed by atoms with E-state index in [2.05, 4.69) is 24.8 Å². The molecule has 0 aromatic heterocycles. The second-order valence-corrected chi connectivity index (χ2v) is 5.13. The maximum absolute atomic E-state index is 9.01. The van der Waals surface area contributed by atoms with Crippen LogP contribution in [0.3, 0.4) is 0 Å². The van der Waals surface area contributed by atoms with E-state index >= 15 is 0 Å². The largest absolute Gasteiger partial charge is 0.495 e. The minimum absolute atomic E-state index is 0.602. The Morgan fingerprint density at radius 1 is 1.15 bits per heavy atom. The van der Waals surface area contributed by atoms with Gasteiger partial charge in [0.1, 0.15) is 11.8 Å². The van der Waals surface area contributed by atoms with Crippen LogP contribution in [0, 0.1) is 11.3 Å². The van der Waals surface area contributed by atoms with Crippen LogP contribution in [0.15, 0.2) is 18.2 Å². The number of nitriles is 1. The lowest BCUT2D eigenvalue weighted by Crippen LogP contribution is -2.25. The van der Waals surface area contributed by atoms with Gasteiger partial charge < -0.3 is 4.74 Å². The molecule has 0 saturated carbocycles. The highest BCUT2D eigenvalue weighted by Gasteiger charge is 2.08. The molecule has 0 fully saturated rings. The number of ether oxygens (including phenoxy) is 1. The zero-order chi connectivity index (χ0) is 14.8. The lowest BCUT2D eigenvalue weighted by atomic mass is 10.1. The number of unbranched alkanes of at least 4 members (excludes halogenated alkanes) is 2. The highest BCUT2D eigenvalue weighted by atomic mass is 16.5. The summed E-state index contributed by atoms with van der Waals surface area (Å²) in [6.07, 6.45) is 4.91. The van der Waals surface area contributed by atoms with Crippen molar-refractivity contribution in [2.24, 2.45) is 0 Å². The fourth-order valence-corrected chi connectivity index (χ4v) is 2.22. The average Bonchev–Trinajstić information content (AvgIpc) is 2.49. The molecule has 0 aliphatic rings. The summed E-state index contributed by atoms with van der Waals surface area (Å²) < 4.78 is 5.28. The second-order valence-electron chi connectivity index (χ2n) is 5.13. The van der Waals surface area contributed by atoms with Crippen molar-refractivity contribution in [2.45, 2.75) is 46.1 Å². The maximum atomic E-state index is 9.01. The highest BCUT2D eigenvalue weighted by molar-refractivity contribution is 5.45. The molecule has 0 spiro atoms. The Labute approximate surface area is 123 Å². The summed E-state index contributed by atoms with van der Waals surface area (Å²) in [7, 11) is 1.62. The predicted molar refractivity (Wildman–Crippen MR) is 82.8 cm³/mol. The third-order valence-electron chi connectivity index (χ3n) is 3.45. The number of hydrogen-bond acceptors (Lipinski definition) is 3. The molecule has 0 amide bonds. The molecule has 0 aliphatic heterocycles. The van der Waals surface area contributed by atoms with E-state index in [0.717, 1.165) is 19.6 Å². The Balaban J connectivity index is 2.74. The van der Waals surface area contributed by atoms with Crippen molar-refractivity contribution < 1.29 is 4.74 Å². The summed E-state index contributed by atoms with van der Waals surface area (Å²) in [5, 5.41) is 9.01. The first-order chi connectivity index (χ1) is 9.74. The summed E-state index contributed by atoms with van der Waals surface area (Å²) >= 11 is 0. The molecule has 0 heterocycles. The van der Waals surface area contributed by atoms with Crippen LogP contribution in [0.25, 0.3) is 0 Å². The van der Waals surface area contributed by atoms with Gasteiger partial charge in [0.25, 0.3) is 0 Å². The van der Waals surface area contributed by atoms with E-state index in [9.17, 15) is 0 Å². The molecule has 0 radical (unpaired) electrons. The standard InChI is InChI=1S/C17H26N2O/c1-4-6-10-19(11-7-5-2)14-15-8-9-16(13-18)17(12-15)20-3/h8-9,12H,4-7,10-11,14H2,1-3H3. The van der Waals surface area contributed by atoms with Crippen LogP contribution in [0.1, 0.15) is 50.7 Å². The molecule has 0 atom stereocenters. The van der Waals surface area contributed by atoms with E-state index in [1.165, 1.54) is 31.2 Å². The molecule has 0 aliphatic carbocycles. The third kappa shape index (κ3) is 5.22. The van der Waals surface area contributed by atoms with E-state index in [1.54, 1.807) is 7.11 Å². The highest BCUT2D eigenvalue weighted by Crippen LogP contribution is 2.20. The summed E-state index contributed by atoms with van der Waals surface area (Å²) in [5.74, 6) is 0.677. The molecule has 0 N–H and O–H groups in total. The van der Waals surface area contributed by atoms with Gasteiger partial charge in [-0.05, 0) is 43.6 Å². The fourth-order valence-electron chi connectivity index (χ4n) is 2.22.